The molecule has 6 nitrogen and oxygen atoms in total. The SMILES string of the molecule is COc1ccc(Cl)cc1CC1CCC(=O)CN(C(=O)Cc2cccc(CC(C)=O)c2)C1=O. The first-order valence-electron chi connectivity index (χ1n) is 10.5. The van der Waals surface area contributed by atoms with Crippen molar-refractivity contribution in [3.8, 4) is 5.75 Å². The van der Waals surface area contributed by atoms with Gasteiger partial charge in [-0.15, -0.1) is 0 Å². The average Bonchev–Trinajstić information content (AvgIpc) is 2.87. The number of imide groups is 1. The zero-order chi connectivity index (χ0) is 23.3. The number of ether oxygens (including phenoxy) is 1. The molecule has 2 aromatic carbocycles. The van der Waals surface area contributed by atoms with E-state index in [1.165, 1.54) is 6.92 Å². The van der Waals surface area contributed by atoms with Gasteiger partial charge >= 0.3 is 0 Å². The molecule has 0 N–H and O–H groups in total. The lowest BCUT2D eigenvalue weighted by atomic mass is 9.93. The molecule has 1 heterocycles. The largest absolute Gasteiger partial charge is 0.496 e. The third-order valence-electron chi connectivity index (χ3n) is 5.53. The highest BCUT2D eigenvalue weighted by Crippen LogP contribution is 2.29. The third kappa shape index (κ3) is 6.04. The Kier molecular flexibility index (Phi) is 7.80. The van der Waals surface area contributed by atoms with Gasteiger partial charge in [0.1, 0.15) is 11.5 Å². The van der Waals surface area contributed by atoms with E-state index in [1.807, 2.05) is 6.07 Å². The summed E-state index contributed by atoms with van der Waals surface area (Å²) in [5.41, 5.74) is 2.27. The summed E-state index contributed by atoms with van der Waals surface area (Å²) in [4.78, 5) is 51.1. The molecule has 0 aromatic heterocycles. The van der Waals surface area contributed by atoms with E-state index in [2.05, 4.69) is 0 Å². The molecule has 2 aromatic rings. The Morgan fingerprint density at radius 3 is 2.50 bits per heavy atom. The molecule has 1 saturated heterocycles. The van der Waals surface area contributed by atoms with E-state index >= 15 is 0 Å². The Morgan fingerprint density at radius 1 is 1.09 bits per heavy atom. The molecule has 0 spiro atoms. The lowest BCUT2D eigenvalue weighted by Gasteiger charge is -2.23. The van der Waals surface area contributed by atoms with E-state index in [9.17, 15) is 19.2 Å². The molecule has 3 rings (SSSR count). The van der Waals surface area contributed by atoms with Crippen LogP contribution in [-0.2, 0) is 38.4 Å². The first-order valence-corrected chi connectivity index (χ1v) is 10.9. The summed E-state index contributed by atoms with van der Waals surface area (Å²) in [7, 11) is 1.54. The predicted molar refractivity (Wildman–Crippen MR) is 121 cm³/mol. The number of Topliss-reactive ketones (excluding diaryl/α,β-unsaturated/α-hetero) is 2. The summed E-state index contributed by atoms with van der Waals surface area (Å²) in [5.74, 6) is -0.811. The fourth-order valence-electron chi connectivity index (χ4n) is 3.99. The minimum Gasteiger partial charge on any atom is -0.496 e. The second kappa shape index (κ2) is 10.6. The van der Waals surface area contributed by atoms with E-state index < -0.39 is 11.8 Å². The van der Waals surface area contributed by atoms with Gasteiger partial charge < -0.3 is 4.74 Å². The number of likely N-dealkylation sites (tertiary alicyclic amines) is 1. The maximum atomic E-state index is 13.3. The minimum absolute atomic E-state index is 0.0159. The summed E-state index contributed by atoms with van der Waals surface area (Å²) in [6.45, 7) is 1.29. The van der Waals surface area contributed by atoms with Gasteiger partial charge in [0.15, 0.2) is 5.78 Å². The molecular weight excluding hydrogens is 430 g/mol. The third-order valence-corrected chi connectivity index (χ3v) is 5.77. The van der Waals surface area contributed by atoms with Gasteiger partial charge in [-0.05, 0) is 54.7 Å². The molecule has 0 radical (unpaired) electrons. The van der Waals surface area contributed by atoms with Gasteiger partial charge in [-0.25, -0.2) is 0 Å². The van der Waals surface area contributed by atoms with Crippen LogP contribution in [0.15, 0.2) is 42.5 Å². The number of rotatable bonds is 7. The second-order valence-corrected chi connectivity index (χ2v) is 8.56. The Hall–Kier alpha value is -2.99. The number of hydrogen-bond donors (Lipinski definition) is 0. The summed E-state index contributed by atoms with van der Waals surface area (Å²) < 4.78 is 5.38. The average molecular weight is 456 g/mol. The van der Waals surface area contributed by atoms with Crippen molar-refractivity contribution < 1.29 is 23.9 Å². The smallest absolute Gasteiger partial charge is 0.234 e. The van der Waals surface area contributed by atoms with Crippen molar-refractivity contribution in [1.29, 1.82) is 0 Å². The highest BCUT2D eigenvalue weighted by molar-refractivity contribution is 6.30. The maximum absolute atomic E-state index is 13.3. The first kappa shape index (κ1) is 23.7. The van der Waals surface area contributed by atoms with Crippen molar-refractivity contribution in [1.82, 2.24) is 4.90 Å². The number of methoxy groups -OCH3 is 1. The number of hydrogen-bond acceptors (Lipinski definition) is 5. The van der Waals surface area contributed by atoms with Crippen molar-refractivity contribution in [2.45, 2.75) is 39.0 Å². The van der Waals surface area contributed by atoms with Gasteiger partial charge in [0.25, 0.3) is 0 Å². The van der Waals surface area contributed by atoms with Crippen LogP contribution in [0.25, 0.3) is 0 Å². The minimum atomic E-state index is -0.526. The lowest BCUT2D eigenvalue weighted by molar-refractivity contribution is -0.148. The van der Waals surface area contributed by atoms with Gasteiger partial charge in [-0.2, -0.15) is 0 Å². The van der Waals surface area contributed by atoms with Gasteiger partial charge in [0, 0.05) is 23.8 Å². The quantitative estimate of drug-likeness (QED) is 0.637. The molecule has 2 amide bonds. The van der Waals surface area contributed by atoms with Crippen LogP contribution in [-0.4, -0.2) is 41.9 Å². The molecule has 32 heavy (non-hydrogen) atoms. The molecule has 0 saturated carbocycles. The van der Waals surface area contributed by atoms with Crippen LogP contribution >= 0.6 is 11.6 Å². The van der Waals surface area contributed by atoms with E-state index in [0.717, 1.165) is 16.0 Å². The van der Waals surface area contributed by atoms with Crippen LogP contribution in [0.3, 0.4) is 0 Å². The van der Waals surface area contributed by atoms with Gasteiger partial charge in [-0.1, -0.05) is 35.9 Å². The topological polar surface area (TPSA) is 80.8 Å². The van der Waals surface area contributed by atoms with Crippen molar-refractivity contribution in [3.05, 3.63) is 64.2 Å². The van der Waals surface area contributed by atoms with Crippen LogP contribution in [0.5, 0.6) is 5.75 Å². The number of halogens is 1. The van der Waals surface area contributed by atoms with E-state index in [4.69, 9.17) is 16.3 Å². The monoisotopic (exact) mass is 455 g/mol. The Labute approximate surface area is 192 Å². The molecule has 0 bridgehead atoms. The van der Waals surface area contributed by atoms with Crippen molar-refractivity contribution in [3.63, 3.8) is 0 Å². The normalized spacial score (nSPS) is 16.6. The lowest BCUT2D eigenvalue weighted by Crippen LogP contribution is -2.42. The van der Waals surface area contributed by atoms with Gasteiger partial charge in [0.05, 0.1) is 20.1 Å². The first-order chi connectivity index (χ1) is 15.3. The maximum Gasteiger partial charge on any atom is 0.234 e. The zero-order valence-electron chi connectivity index (χ0n) is 18.2. The van der Waals surface area contributed by atoms with Crippen LogP contribution in [0.2, 0.25) is 5.02 Å². The van der Waals surface area contributed by atoms with E-state index in [0.29, 0.717) is 29.2 Å². The number of benzene rings is 2. The fourth-order valence-corrected chi connectivity index (χ4v) is 4.19. The summed E-state index contributed by atoms with van der Waals surface area (Å²) in [6.07, 6.45) is 1.20. The van der Waals surface area contributed by atoms with Crippen LogP contribution in [0, 0.1) is 5.92 Å². The Morgan fingerprint density at radius 2 is 1.81 bits per heavy atom. The molecule has 1 atom stereocenters. The van der Waals surface area contributed by atoms with Crippen molar-refractivity contribution >= 4 is 35.0 Å². The number of ketones is 2. The summed E-state index contributed by atoms with van der Waals surface area (Å²) in [5, 5.41) is 0.524. The summed E-state index contributed by atoms with van der Waals surface area (Å²) >= 11 is 6.12. The molecule has 1 aliphatic heterocycles. The Balaban J connectivity index is 1.79. The van der Waals surface area contributed by atoms with Crippen molar-refractivity contribution in [2.75, 3.05) is 13.7 Å². The number of amides is 2. The molecule has 1 fully saturated rings. The molecule has 1 unspecified atom stereocenters. The highest BCUT2D eigenvalue weighted by Gasteiger charge is 2.34. The van der Waals surface area contributed by atoms with Crippen LogP contribution in [0.4, 0.5) is 0 Å². The fraction of sp³-hybridized carbons (Fsp3) is 0.360. The van der Waals surface area contributed by atoms with Gasteiger partial charge in [-0.3, -0.25) is 24.1 Å². The molecule has 7 heteroatoms. The van der Waals surface area contributed by atoms with E-state index in [1.54, 1.807) is 43.5 Å². The number of carbonyl (C=O) groups is 4. The predicted octanol–water partition coefficient (Wildman–Crippen LogP) is 3.60. The molecule has 168 valence electrons. The standard InChI is InChI=1S/C25H26ClNO5/c1-16(28)10-17-4-3-5-18(11-17)12-24(30)27-15-22(29)8-6-19(25(27)31)13-20-14-21(26)7-9-23(20)32-2/h3-5,7,9,11,14,19H,6,8,10,12-13,15H2,1-2H3. The Bertz CT molecular complexity index is 1050. The van der Waals surface area contributed by atoms with Crippen molar-refractivity contribution in [2.24, 2.45) is 5.92 Å². The molecule has 1 aliphatic rings. The highest BCUT2D eigenvalue weighted by atomic mass is 35.5. The summed E-state index contributed by atoms with van der Waals surface area (Å²) in [6, 6.07) is 12.4. The number of nitrogens with zero attached hydrogens (tertiary/aromatic N) is 1. The van der Waals surface area contributed by atoms with Gasteiger partial charge in [0.2, 0.25) is 11.8 Å². The van der Waals surface area contributed by atoms with Crippen LogP contribution in [0.1, 0.15) is 36.5 Å². The van der Waals surface area contributed by atoms with Crippen LogP contribution < -0.4 is 4.74 Å². The molecular formula is C25H26ClNO5. The number of carbonyl (C=O) groups excluding carboxylic acids is 4. The van der Waals surface area contributed by atoms with E-state index in [-0.39, 0.29) is 43.3 Å². The zero-order valence-corrected chi connectivity index (χ0v) is 19.0. The second-order valence-electron chi connectivity index (χ2n) is 8.13. The molecule has 0 aliphatic carbocycles.